The average molecular weight is 300 g/mol. The van der Waals surface area contributed by atoms with Gasteiger partial charge in [0, 0.05) is 11.5 Å². The van der Waals surface area contributed by atoms with Gasteiger partial charge in [-0.3, -0.25) is 4.79 Å². The summed E-state index contributed by atoms with van der Waals surface area (Å²) >= 11 is 0. The van der Waals surface area contributed by atoms with E-state index in [2.05, 4.69) is 5.32 Å². The van der Waals surface area contributed by atoms with Gasteiger partial charge in [0.25, 0.3) is 5.91 Å². The van der Waals surface area contributed by atoms with Crippen LogP contribution in [0.25, 0.3) is 0 Å². The molecule has 1 aromatic carbocycles. The van der Waals surface area contributed by atoms with Crippen LogP contribution in [0.2, 0.25) is 0 Å². The molecule has 0 spiro atoms. The Bertz CT molecular complexity index is 618. The lowest BCUT2D eigenvalue weighted by atomic mass is 9.82. The van der Waals surface area contributed by atoms with Crippen molar-refractivity contribution < 1.29 is 19.4 Å². The second kappa shape index (κ2) is 6.47. The largest absolute Gasteiger partial charge is 0.549 e. The Kier molecular flexibility index (Phi) is 4.65. The second-order valence-corrected chi connectivity index (χ2v) is 5.23. The third-order valence-electron chi connectivity index (χ3n) is 3.57. The fraction of sp³-hybridized carbons (Fsp3) is 0.294. The van der Waals surface area contributed by atoms with Crippen LogP contribution in [-0.2, 0) is 4.79 Å². The smallest absolute Gasteiger partial charge is 0.251 e. The second-order valence-electron chi connectivity index (χ2n) is 5.23. The minimum Gasteiger partial charge on any atom is -0.549 e. The molecule has 5 heteroatoms. The standard InChI is InChI=1S/C17H19NO4/c1-3-22-13-9-7-12(8-10-13)15(19)18-17(2)11-5-4-6-14(17)16(20)21/h4-11,14H,3H2,1-2H3,(H,18,19)(H,20,21)/p-1. The van der Waals surface area contributed by atoms with Crippen molar-refractivity contribution in [1.29, 1.82) is 0 Å². The number of nitrogens with one attached hydrogen (secondary N) is 1. The molecular formula is C17H18NO4-. The van der Waals surface area contributed by atoms with Crippen LogP contribution in [0.3, 0.4) is 0 Å². The normalized spacial score (nSPS) is 23.1. The Labute approximate surface area is 129 Å². The summed E-state index contributed by atoms with van der Waals surface area (Å²) in [6, 6.07) is 6.68. The minimum atomic E-state index is -1.23. The van der Waals surface area contributed by atoms with Gasteiger partial charge in [-0.05, 0) is 38.1 Å². The first-order valence-corrected chi connectivity index (χ1v) is 7.08. The van der Waals surface area contributed by atoms with E-state index in [1.807, 2.05) is 6.92 Å². The fourth-order valence-corrected chi connectivity index (χ4v) is 2.36. The van der Waals surface area contributed by atoms with E-state index in [1.165, 1.54) is 6.08 Å². The Morgan fingerprint density at radius 2 is 1.95 bits per heavy atom. The quantitative estimate of drug-likeness (QED) is 0.882. The van der Waals surface area contributed by atoms with Crippen LogP contribution in [0.4, 0.5) is 0 Å². The predicted molar refractivity (Wildman–Crippen MR) is 80.3 cm³/mol. The van der Waals surface area contributed by atoms with Crippen molar-refractivity contribution in [3.05, 3.63) is 54.1 Å². The lowest BCUT2D eigenvalue weighted by Gasteiger charge is -2.36. The molecule has 0 bridgehead atoms. The number of carbonyl (C=O) groups is 2. The number of hydrogen-bond donors (Lipinski definition) is 1. The van der Waals surface area contributed by atoms with Crippen molar-refractivity contribution in [3.63, 3.8) is 0 Å². The van der Waals surface area contributed by atoms with Gasteiger partial charge in [0.05, 0.1) is 18.1 Å². The van der Waals surface area contributed by atoms with Gasteiger partial charge in [0.2, 0.25) is 0 Å². The van der Waals surface area contributed by atoms with E-state index in [1.54, 1.807) is 49.4 Å². The van der Waals surface area contributed by atoms with Crippen molar-refractivity contribution >= 4 is 11.9 Å². The zero-order chi connectivity index (χ0) is 16.2. The summed E-state index contributed by atoms with van der Waals surface area (Å²) in [7, 11) is 0. The van der Waals surface area contributed by atoms with Gasteiger partial charge in [-0.25, -0.2) is 0 Å². The molecule has 1 aromatic rings. The monoisotopic (exact) mass is 300 g/mol. The van der Waals surface area contributed by atoms with Crippen molar-refractivity contribution in [2.24, 2.45) is 5.92 Å². The van der Waals surface area contributed by atoms with E-state index in [-0.39, 0.29) is 5.91 Å². The number of rotatable bonds is 5. The molecule has 1 aliphatic rings. The number of carbonyl (C=O) groups excluding carboxylic acids is 2. The van der Waals surface area contributed by atoms with E-state index in [0.29, 0.717) is 17.9 Å². The van der Waals surface area contributed by atoms with Gasteiger partial charge in [-0.15, -0.1) is 0 Å². The van der Waals surface area contributed by atoms with Crippen molar-refractivity contribution in [2.45, 2.75) is 19.4 Å². The van der Waals surface area contributed by atoms with E-state index in [4.69, 9.17) is 4.74 Å². The number of amides is 1. The first-order valence-electron chi connectivity index (χ1n) is 7.08. The number of carboxylic acids is 1. The molecule has 1 amide bonds. The van der Waals surface area contributed by atoms with Crippen LogP contribution in [-0.4, -0.2) is 24.0 Å². The number of aliphatic carboxylic acids is 1. The van der Waals surface area contributed by atoms with Gasteiger partial charge in [0.15, 0.2) is 0 Å². The topological polar surface area (TPSA) is 78.5 Å². The molecule has 0 aromatic heterocycles. The van der Waals surface area contributed by atoms with E-state index in [0.717, 1.165) is 0 Å². The zero-order valence-corrected chi connectivity index (χ0v) is 12.5. The summed E-state index contributed by atoms with van der Waals surface area (Å²) < 4.78 is 5.32. The van der Waals surface area contributed by atoms with Crippen LogP contribution in [0.15, 0.2) is 48.6 Å². The predicted octanol–water partition coefficient (Wildman–Crippen LogP) is 1.07. The fourth-order valence-electron chi connectivity index (χ4n) is 2.36. The van der Waals surface area contributed by atoms with Gasteiger partial charge >= 0.3 is 0 Å². The summed E-state index contributed by atoms with van der Waals surface area (Å²) in [6.07, 6.45) is 6.50. The minimum absolute atomic E-state index is 0.350. The van der Waals surface area contributed by atoms with Gasteiger partial charge in [-0.1, -0.05) is 24.3 Å². The molecule has 0 fully saturated rings. The number of hydrogen-bond acceptors (Lipinski definition) is 4. The van der Waals surface area contributed by atoms with E-state index >= 15 is 0 Å². The summed E-state index contributed by atoms with van der Waals surface area (Å²) in [4.78, 5) is 23.6. The maximum absolute atomic E-state index is 12.3. The molecule has 2 unspecified atom stereocenters. The summed E-state index contributed by atoms with van der Waals surface area (Å²) in [5.41, 5.74) is -0.590. The van der Waals surface area contributed by atoms with Crippen LogP contribution in [0, 0.1) is 5.92 Å². The number of benzene rings is 1. The first-order chi connectivity index (χ1) is 10.5. The highest BCUT2D eigenvalue weighted by Crippen LogP contribution is 2.24. The zero-order valence-electron chi connectivity index (χ0n) is 12.5. The van der Waals surface area contributed by atoms with E-state index in [9.17, 15) is 14.7 Å². The van der Waals surface area contributed by atoms with Crippen LogP contribution in [0.5, 0.6) is 5.75 Å². The Balaban J connectivity index is 2.14. The average Bonchev–Trinajstić information content (AvgIpc) is 2.48. The molecule has 2 atom stereocenters. The molecule has 0 heterocycles. The summed E-state index contributed by atoms with van der Waals surface area (Å²) in [6.45, 7) is 4.08. The Morgan fingerprint density at radius 3 is 2.55 bits per heavy atom. The Hall–Kier alpha value is -2.56. The SMILES string of the molecule is CCOc1ccc(C(=O)NC2(C)C=CC=CC2C(=O)[O-])cc1. The van der Waals surface area contributed by atoms with Crippen molar-refractivity contribution in [2.75, 3.05) is 6.61 Å². The third kappa shape index (κ3) is 3.36. The molecule has 2 rings (SSSR count). The lowest BCUT2D eigenvalue weighted by Crippen LogP contribution is -2.55. The third-order valence-corrected chi connectivity index (χ3v) is 3.57. The molecule has 0 saturated carbocycles. The molecule has 116 valence electrons. The van der Waals surface area contributed by atoms with Gasteiger partial charge in [0.1, 0.15) is 5.75 Å². The Morgan fingerprint density at radius 1 is 1.27 bits per heavy atom. The maximum atomic E-state index is 12.3. The van der Waals surface area contributed by atoms with Crippen LogP contribution >= 0.6 is 0 Å². The van der Waals surface area contributed by atoms with E-state index < -0.39 is 17.4 Å². The summed E-state index contributed by atoms with van der Waals surface area (Å²) in [5, 5.41) is 14.0. The highest BCUT2D eigenvalue weighted by atomic mass is 16.5. The first kappa shape index (κ1) is 15.8. The molecule has 1 N–H and O–H groups in total. The van der Waals surface area contributed by atoms with Crippen LogP contribution < -0.4 is 15.2 Å². The maximum Gasteiger partial charge on any atom is 0.251 e. The van der Waals surface area contributed by atoms with Crippen molar-refractivity contribution in [3.8, 4) is 5.75 Å². The lowest BCUT2D eigenvalue weighted by molar-refractivity contribution is -0.311. The molecule has 5 nitrogen and oxygen atoms in total. The highest BCUT2D eigenvalue weighted by molar-refractivity contribution is 5.95. The van der Waals surface area contributed by atoms with Gasteiger partial charge < -0.3 is 20.0 Å². The summed E-state index contributed by atoms with van der Waals surface area (Å²) in [5.74, 6) is -1.81. The molecular weight excluding hydrogens is 282 g/mol. The number of carboxylic acid groups (broad SMARTS) is 1. The number of ether oxygens (including phenoxy) is 1. The number of allylic oxidation sites excluding steroid dienone is 2. The molecule has 1 aliphatic carbocycles. The highest BCUT2D eigenvalue weighted by Gasteiger charge is 2.34. The molecule has 0 radical (unpaired) electrons. The molecule has 0 aliphatic heterocycles. The molecule has 22 heavy (non-hydrogen) atoms. The molecule has 0 saturated heterocycles. The van der Waals surface area contributed by atoms with Gasteiger partial charge in [-0.2, -0.15) is 0 Å². The van der Waals surface area contributed by atoms with Crippen LogP contribution in [0.1, 0.15) is 24.2 Å². The van der Waals surface area contributed by atoms with Crippen molar-refractivity contribution in [1.82, 2.24) is 5.32 Å².